The van der Waals surface area contributed by atoms with Gasteiger partial charge in [0.2, 0.25) is 0 Å². The highest BCUT2D eigenvalue weighted by Crippen LogP contribution is 2.37. The average Bonchev–Trinajstić information content (AvgIpc) is 2.98. The molecule has 8 nitrogen and oxygen atoms in total. The third-order valence-electron chi connectivity index (χ3n) is 4.12. The predicted molar refractivity (Wildman–Crippen MR) is 113 cm³/mol. The highest BCUT2D eigenvalue weighted by Gasteiger charge is 2.18. The molecule has 1 heterocycles. The van der Waals surface area contributed by atoms with E-state index in [0.29, 0.717) is 53.0 Å². The number of fused-ring (bicyclic) bond motifs is 1. The summed E-state index contributed by atoms with van der Waals surface area (Å²) in [5.41, 5.74) is 0.747. The van der Waals surface area contributed by atoms with Crippen LogP contribution in [0.1, 0.15) is 23.7 Å². The number of hydrogen-bond acceptors (Lipinski definition) is 7. The maximum absolute atomic E-state index is 12.4. The van der Waals surface area contributed by atoms with E-state index < -0.39 is 18.5 Å². The summed E-state index contributed by atoms with van der Waals surface area (Å²) in [5.74, 6) is 0.930. The minimum Gasteiger partial charge on any atom is -0.493 e. The predicted octanol–water partition coefficient (Wildman–Crippen LogP) is 3.81. The molecule has 0 bridgehead atoms. The molecule has 160 valence electrons. The molecular weight excluding hydrogens is 458 g/mol. The first-order valence-electron chi connectivity index (χ1n) is 9.38. The number of ether oxygens (including phenoxy) is 5. The Bertz CT molecular complexity index is 932. The van der Waals surface area contributed by atoms with E-state index >= 15 is 0 Å². The number of rotatable bonds is 7. The van der Waals surface area contributed by atoms with Crippen LogP contribution in [-0.4, -0.2) is 45.4 Å². The summed E-state index contributed by atoms with van der Waals surface area (Å²) in [6.45, 7) is 2.97. The fourth-order valence-corrected chi connectivity index (χ4v) is 3.33. The van der Waals surface area contributed by atoms with E-state index in [9.17, 15) is 9.59 Å². The van der Waals surface area contributed by atoms with Gasteiger partial charge in [0.05, 0.1) is 37.0 Å². The first-order valence-corrected chi connectivity index (χ1v) is 10.2. The van der Waals surface area contributed by atoms with Crippen molar-refractivity contribution in [2.45, 2.75) is 13.3 Å². The molecule has 0 unspecified atom stereocenters. The summed E-state index contributed by atoms with van der Waals surface area (Å²) < 4.78 is 27.6. The molecule has 2 aromatic carbocycles. The SMILES string of the molecule is CCOc1c(Br)cc(C(=O)OCC(=O)Nc2ccc3c(c2)OCCCO3)cc1OC. The molecule has 0 fully saturated rings. The Kier molecular flexibility index (Phi) is 7.40. The van der Waals surface area contributed by atoms with Crippen LogP contribution in [0.5, 0.6) is 23.0 Å². The van der Waals surface area contributed by atoms with Gasteiger partial charge in [-0.3, -0.25) is 4.79 Å². The monoisotopic (exact) mass is 479 g/mol. The van der Waals surface area contributed by atoms with Gasteiger partial charge < -0.3 is 29.0 Å². The van der Waals surface area contributed by atoms with Crippen LogP contribution in [0.25, 0.3) is 0 Å². The van der Waals surface area contributed by atoms with Crippen molar-refractivity contribution in [3.05, 3.63) is 40.4 Å². The molecule has 0 aliphatic carbocycles. The van der Waals surface area contributed by atoms with Crippen LogP contribution in [-0.2, 0) is 9.53 Å². The van der Waals surface area contributed by atoms with Crippen molar-refractivity contribution >= 4 is 33.5 Å². The van der Waals surface area contributed by atoms with E-state index in [1.165, 1.54) is 13.2 Å². The molecule has 3 rings (SSSR count). The van der Waals surface area contributed by atoms with Crippen LogP contribution in [0.4, 0.5) is 5.69 Å². The van der Waals surface area contributed by atoms with Crippen LogP contribution in [0, 0.1) is 0 Å². The number of nitrogens with one attached hydrogen (secondary N) is 1. The Balaban J connectivity index is 1.60. The highest BCUT2D eigenvalue weighted by molar-refractivity contribution is 9.10. The number of carbonyl (C=O) groups excluding carboxylic acids is 2. The molecule has 9 heteroatoms. The molecule has 0 saturated heterocycles. The van der Waals surface area contributed by atoms with E-state index in [2.05, 4.69) is 21.2 Å². The smallest absolute Gasteiger partial charge is 0.338 e. The van der Waals surface area contributed by atoms with Gasteiger partial charge in [-0.1, -0.05) is 0 Å². The number of halogens is 1. The number of benzene rings is 2. The Hall–Kier alpha value is -2.94. The minimum absolute atomic E-state index is 0.227. The van der Waals surface area contributed by atoms with Gasteiger partial charge in [-0.2, -0.15) is 0 Å². The van der Waals surface area contributed by atoms with E-state index in [4.69, 9.17) is 23.7 Å². The van der Waals surface area contributed by atoms with Gasteiger partial charge in [-0.25, -0.2) is 4.79 Å². The third kappa shape index (κ3) is 5.35. The fourth-order valence-electron chi connectivity index (χ4n) is 2.77. The van der Waals surface area contributed by atoms with Gasteiger partial charge in [0.15, 0.2) is 29.6 Å². The van der Waals surface area contributed by atoms with E-state index in [-0.39, 0.29) is 5.56 Å². The lowest BCUT2D eigenvalue weighted by Gasteiger charge is -2.13. The topological polar surface area (TPSA) is 92.3 Å². The Morgan fingerprint density at radius 1 is 1.13 bits per heavy atom. The molecule has 0 spiro atoms. The van der Waals surface area contributed by atoms with Crippen molar-refractivity contribution in [2.24, 2.45) is 0 Å². The summed E-state index contributed by atoms with van der Waals surface area (Å²) in [4.78, 5) is 24.6. The first kappa shape index (κ1) is 21.8. The average molecular weight is 480 g/mol. The lowest BCUT2D eigenvalue weighted by molar-refractivity contribution is -0.119. The van der Waals surface area contributed by atoms with Crippen molar-refractivity contribution in [3.63, 3.8) is 0 Å². The number of anilines is 1. The van der Waals surface area contributed by atoms with Gasteiger partial charge in [0, 0.05) is 18.2 Å². The highest BCUT2D eigenvalue weighted by atomic mass is 79.9. The van der Waals surface area contributed by atoms with Crippen molar-refractivity contribution < 1.29 is 33.3 Å². The molecule has 0 aromatic heterocycles. The van der Waals surface area contributed by atoms with Crippen molar-refractivity contribution in [3.8, 4) is 23.0 Å². The van der Waals surface area contributed by atoms with E-state index in [1.54, 1.807) is 24.3 Å². The van der Waals surface area contributed by atoms with Crippen LogP contribution >= 0.6 is 15.9 Å². The Morgan fingerprint density at radius 2 is 1.90 bits per heavy atom. The molecule has 0 saturated carbocycles. The van der Waals surface area contributed by atoms with Gasteiger partial charge >= 0.3 is 5.97 Å². The number of hydrogen-bond donors (Lipinski definition) is 1. The second-order valence-corrected chi connectivity index (χ2v) is 7.11. The second-order valence-electron chi connectivity index (χ2n) is 6.26. The largest absolute Gasteiger partial charge is 0.493 e. The van der Waals surface area contributed by atoms with Gasteiger partial charge in [-0.05, 0) is 47.1 Å². The molecule has 1 amide bonds. The van der Waals surface area contributed by atoms with E-state index in [0.717, 1.165) is 6.42 Å². The molecule has 0 radical (unpaired) electrons. The van der Waals surface area contributed by atoms with Gasteiger partial charge in [0.25, 0.3) is 5.91 Å². The number of esters is 1. The first-order chi connectivity index (χ1) is 14.5. The summed E-state index contributed by atoms with van der Waals surface area (Å²) >= 11 is 3.35. The van der Waals surface area contributed by atoms with Crippen LogP contribution in [0.3, 0.4) is 0 Å². The zero-order chi connectivity index (χ0) is 21.5. The molecule has 0 atom stereocenters. The number of methoxy groups -OCH3 is 1. The molecule has 1 N–H and O–H groups in total. The quantitative estimate of drug-likeness (QED) is 0.603. The summed E-state index contributed by atoms with van der Waals surface area (Å²) in [6.07, 6.45) is 0.790. The zero-order valence-electron chi connectivity index (χ0n) is 16.7. The normalized spacial score (nSPS) is 12.5. The minimum atomic E-state index is -0.661. The van der Waals surface area contributed by atoms with Crippen molar-refractivity contribution in [1.82, 2.24) is 0 Å². The van der Waals surface area contributed by atoms with Crippen LogP contribution in [0.15, 0.2) is 34.8 Å². The van der Waals surface area contributed by atoms with Crippen molar-refractivity contribution in [2.75, 3.05) is 38.9 Å². The molecule has 1 aliphatic rings. The maximum atomic E-state index is 12.4. The summed E-state index contributed by atoms with van der Waals surface area (Å²) in [6, 6.07) is 8.15. The number of carbonyl (C=O) groups is 2. The third-order valence-corrected chi connectivity index (χ3v) is 4.71. The van der Waals surface area contributed by atoms with Gasteiger partial charge in [0.1, 0.15) is 0 Å². The summed E-state index contributed by atoms with van der Waals surface area (Å²) in [7, 11) is 1.47. The molecular formula is C21H22BrNO7. The fraction of sp³-hybridized carbons (Fsp3) is 0.333. The molecule has 1 aliphatic heterocycles. The standard InChI is InChI=1S/C21H22BrNO7/c1-3-27-20-15(22)9-13(10-18(20)26-2)21(25)30-12-19(24)23-14-5-6-16-17(11-14)29-8-4-7-28-16/h5-6,9-11H,3-4,7-8,12H2,1-2H3,(H,23,24). The van der Waals surface area contributed by atoms with Crippen LogP contribution in [0.2, 0.25) is 0 Å². The Labute approximate surface area is 182 Å². The lowest BCUT2D eigenvalue weighted by atomic mass is 10.2. The molecule has 30 heavy (non-hydrogen) atoms. The summed E-state index contributed by atoms with van der Waals surface area (Å²) in [5, 5.41) is 2.67. The number of amides is 1. The van der Waals surface area contributed by atoms with E-state index in [1.807, 2.05) is 6.92 Å². The lowest BCUT2D eigenvalue weighted by Crippen LogP contribution is -2.21. The zero-order valence-corrected chi connectivity index (χ0v) is 18.2. The van der Waals surface area contributed by atoms with Crippen molar-refractivity contribution in [1.29, 1.82) is 0 Å². The molecule has 2 aromatic rings. The van der Waals surface area contributed by atoms with Gasteiger partial charge in [-0.15, -0.1) is 0 Å². The maximum Gasteiger partial charge on any atom is 0.338 e. The van der Waals surface area contributed by atoms with Crippen LogP contribution < -0.4 is 24.3 Å². The Morgan fingerprint density at radius 3 is 2.63 bits per heavy atom. The second kappa shape index (κ2) is 10.2.